The number of phenols is 1. The molecule has 106 valence electrons. The van der Waals surface area contributed by atoms with Gasteiger partial charge in [-0.05, 0) is 23.3 Å². The van der Waals surface area contributed by atoms with Gasteiger partial charge in [0.25, 0.3) is 0 Å². The van der Waals surface area contributed by atoms with Crippen molar-refractivity contribution in [3.63, 3.8) is 0 Å². The lowest BCUT2D eigenvalue weighted by Crippen LogP contribution is -2.27. The minimum absolute atomic E-state index is 0.0115. The zero-order valence-corrected chi connectivity index (χ0v) is 12.0. The summed E-state index contributed by atoms with van der Waals surface area (Å²) in [6, 6.07) is 15.6. The van der Waals surface area contributed by atoms with E-state index in [1.807, 2.05) is 18.2 Å². The van der Waals surface area contributed by atoms with E-state index in [9.17, 15) is 13.5 Å². The van der Waals surface area contributed by atoms with Gasteiger partial charge in [-0.15, -0.1) is 0 Å². The Labute approximate surface area is 119 Å². The predicted molar refractivity (Wildman–Crippen MR) is 78.6 cm³/mol. The molecule has 4 nitrogen and oxygen atoms in total. The third-order valence-electron chi connectivity index (χ3n) is 3.01. The van der Waals surface area contributed by atoms with Crippen molar-refractivity contribution in [3.8, 4) is 5.75 Å². The average Bonchev–Trinajstić information content (AvgIpc) is 2.42. The molecule has 0 aliphatic carbocycles. The number of rotatable bonds is 5. The molecule has 2 aromatic carbocycles. The van der Waals surface area contributed by atoms with Crippen LogP contribution in [0.5, 0.6) is 5.75 Å². The minimum Gasteiger partial charge on any atom is -0.508 e. The number of aromatic hydroxyl groups is 1. The van der Waals surface area contributed by atoms with Crippen LogP contribution in [0.2, 0.25) is 0 Å². The van der Waals surface area contributed by atoms with E-state index < -0.39 is 10.0 Å². The van der Waals surface area contributed by atoms with Crippen LogP contribution in [-0.2, 0) is 22.3 Å². The molecule has 0 saturated heterocycles. The van der Waals surface area contributed by atoms with Crippen molar-refractivity contribution >= 4 is 10.0 Å². The molecule has 20 heavy (non-hydrogen) atoms. The molecule has 0 fully saturated rings. The first-order valence-electron chi connectivity index (χ1n) is 6.23. The monoisotopic (exact) mass is 291 g/mol. The second kappa shape index (κ2) is 6.07. The zero-order chi connectivity index (χ0) is 14.6. The van der Waals surface area contributed by atoms with Crippen LogP contribution in [0.15, 0.2) is 54.6 Å². The van der Waals surface area contributed by atoms with Crippen molar-refractivity contribution < 1.29 is 13.5 Å². The lowest BCUT2D eigenvalue weighted by Gasteiger charge is -2.17. The van der Waals surface area contributed by atoms with Crippen LogP contribution < -0.4 is 0 Å². The Morgan fingerprint density at radius 2 is 1.55 bits per heavy atom. The Morgan fingerprint density at radius 3 is 2.15 bits per heavy atom. The Hall–Kier alpha value is -1.85. The molecule has 5 heteroatoms. The second-order valence-corrected chi connectivity index (χ2v) is 6.74. The maximum Gasteiger partial charge on any atom is 0.218 e. The van der Waals surface area contributed by atoms with E-state index in [-0.39, 0.29) is 18.0 Å². The number of hydrogen-bond donors (Lipinski definition) is 1. The fourth-order valence-electron chi connectivity index (χ4n) is 1.85. The molecule has 0 aliphatic rings. The van der Waals surface area contributed by atoms with E-state index in [0.29, 0.717) is 0 Å². The molecule has 0 saturated carbocycles. The molecule has 2 rings (SSSR count). The maximum atomic E-state index is 12.2. The van der Waals surface area contributed by atoms with Crippen molar-refractivity contribution in [2.45, 2.75) is 12.3 Å². The van der Waals surface area contributed by atoms with Crippen molar-refractivity contribution in [1.29, 1.82) is 0 Å². The zero-order valence-electron chi connectivity index (χ0n) is 11.2. The molecular formula is C15H17NO3S. The van der Waals surface area contributed by atoms with Crippen LogP contribution in [0, 0.1) is 0 Å². The Morgan fingerprint density at radius 1 is 0.950 bits per heavy atom. The molecule has 0 aliphatic heterocycles. The van der Waals surface area contributed by atoms with Crippen molar-refractivity contribution in [3.05, 3.63) is 65.7 Å². The van der Waals surface area contributed by atoms with Gasteiger partial charge in [0.1, 0.15) is 5.75 Å². The minimum atomic E-state index is -3.35. The lowest BCUT2D eigenvalue weighted by atomic mass is 10.2. The number of nitrogens with zero attached hydrogens (tertiary/aromatic N) is 1. The third kappa shape index (κ3) is 3.82. The first-order chi connectivity index (χ1) is 9.47. The van der Waals surface area contributed by atoms with E-state index >= 15 is 0 Å². The Kier molecular flexibility index (Phi) is 4.42. The van der Waals surface area contributed by atoms with Gasteiger partial charge in [0.05, 0.1) is 5.75 Å². The van der Waals surface area contributed by atoms with Gasteiger partial charge >= 0.3 is 0 Å². The topological polar surface area (TPSA) is 57.6 Å². The maximum absolute atomic E-state index is 12.2. The fraction of sp³-hybridized carbons (Fsp3) is 0.200. The van der Waals surface area contributed by atoms with Gasteiger partial charge in [-0.2, -0.15) is 0 Å². The molecule has 0 radical (unpaired) electrons. The lowest BCUT2D eigenvalue weighted by molar-refractivity contribution is 0.463. The largest absolute Gasteiger partial charge is 0.508 e. The predicted octanol–water partition coefficient (Wildman–Crippen LogP) is 2.35. The van der Waals surface area contributed by atoms with E-state index in [1.54, 1.807) is 43.4 Å². The van der Waals surface area contributed by atoms with Crippen LogP contribution in [-0.4, -0.2) is 24.9 Å². The molecule has 0 atom stereocenters. The summed E-state index contributed by atoms with van der Waals surface area (Å²) in [6.07, 6.45) is 0. The molecule has 1 N–H and O–H groups in total. The second-order valence-electron chi connectivity index (χ2n) is 4.66. The van der Waals surface area contributed by atoms with Crippen molar-refractivity contribution in [1.82, 2.24) is 4.31 Å². The molecule has 0 spiro atoms. The summed E-state index contributed by atoms with van der Waals surface area (Å²) >= 11 is 0. The standard InChI is InChI=1S/C15H17NO3S/c1-16(11-13-7-9-15(17)10-8-13)20(18,19)12-14-5-3-2-4-6-14/h2-10,17H,11-12H2,1H3. The van der Waals surface area contributed by atoms with Gasteiger partial charge < -0.3 is 5.11 Å². The highest BCUT2D eigenvalue weighted by Gasteiger charge is 2.18. The van der Waals surface area contributed by atoms with Crippen molar-refractivity contribution in [2.24, 2.45) is 0 Å². The summed E-state index contributed by atoms with van der Waals surface area (Å²) in [5.74, 6) is 0.158. The van der Waals surface area contributed by atoms with Gasteiger partial charge in [0, 0.05) is 13.6 Å². The summed E-state index contributed by atoms with van der Waals surface area (Å²) in [6.45, 7) is 0.287. The van der Waals surface area contributed by atoms with E-state index in [4.69, 9.17) is 0 Å². The van der Waals surface area contributed by atoms with Gasteiger partial charge in [-0.1, -0.05) is 42.5 Å². The van der Waals surface area contributed by atoms with Gasteiger partial charge in [0.15, 0.2) is 0 Å². The van der Waals surface area contributed by atoms with Crippen LogP contribution in [0.4, 0.5) is 0 Å². The number of phenolic OH excluding ortho intramolecular Hbond substituents is 1. The van der Waals surface area contributed by atoms with E-state index in [0.717, 1.165) is 11.1 Å². The summed E-state index contributed by atoms with van der Waals surface area (Å²) < 4.78 is 25.8. The van der Waals surface area contributed by atoms with Crippen LogP contribution in [0.3, 0.4) is 0 Å². The third-order valence-corrected chi connectivity index (χ3v) is 4.79. The van der Waals surface area contributed by atoms with Gasteiger partial charge in [0.2, 0.25) is 10.0 Å². The quantitative estimate of drug-likeness (QED) is 0.920. The Balaban J connectivity index is 2.07. The highest BCUT2D eigenvalue weighted by molar-refractivity contribution is 7.88. The Bertz CT molecular complexity index is 651. The number of hydrogen-bond acceptors (Lipinski definition) is 3. The summed E-state index contributed by atoms with van der Waals surface area (Å²) in [7, 11) is -1.79. The molecular weight excluding hydrogens is 274 g/mol. The first-order valence-corrected chi connectivity index (χ1v) is 7.84. The fourth-order valence-corrected chi connectivity index (χ4v) is 3.03. The smallest absolute Gasteiger partial charge is 0.218 e. The van der Waals surface area contributed by atoms with Crippen LogP contribution >= 0.6 is 0 Å². The summed E-state index contributed by atoms with van der Waals surface area (Å²) in [5, 5.41) is 9.21. The van der Waals surface area contributed by atoms with Gasteiger partial charge in [-0.25, -0.2) is 12.7 Å². The summed E-state index contributed by atoms with van der Waals surface area (Å²) in [5.41, 5.74) is 1.60. The van der Waals surface area contributed by atoms with E-state index in [2.05, 4.69) is 0 Å². The van der Waals surface area contributed by atoms with Crippen LogP contribution in [0.25, 0.3) is 0 Å². The molecule has 0 bridgehead atoms. The molecule has 0 heterocycles. The number of benzene rings is 2. The summed E-state index contributed by atoms with van der Waals surface area (Å²) in [4.78, 5) is 0. The van der Waals surface area contributed by atoms with E-state index in [1.165, 1.54) is 4.31 Å². The van der Waals surface area contributed by atoms with Crippen molar-refractivity contribution in [2.75, 3.05) is 7.05 Å². The van der Waals surface area contributed by atoms with Gasteiger partial charge in [-0.3, -0.25) is 0 Å². The SMILES string of the molecule is CN(Cc1ccc(O)cc1)S(=O)(=O)Cc1ccccc1. The highest BCUT2D eigenvalue weighted by Crippen LogP contribution is 2.15. The molecule has 0 amide bonds. The molecule has 2 aromatic rings. The highest BCUT2D eigenvalue weighted by atomic mass is 32.2. The average molecular weight is 291 g/mol. The number of sulfonamides is 1. The van der Waals surface area contributed by atoms with Crippen LogP contribution in [0.1, 0.15) is 11.1 Å². The first kappa shape index (κ1) is 14.6. The normalized spacial score (nSPS) is 11.7. The molecule has 0 aromatic heterocycles. The molecule has 0 unspecified atom stereocenters.